The van der Waals surface area contributed by atoms with Crippen LogP contribution in [-0.4, -0.2) is 89.0 Å². The van der Waals surface area contributed by atoms with E-state index in [1.165, 1.54) is 0 Å². The molecule has 250 valence electrons. The van der Waals surface area contributed by atoms with Crippen LogP contribution < -0.4 is 23.7 Å². The number of fused-ring (bicyclic) bond motifs is 9. The average molecular weight is 653 g/mol. The first-order chi connectivity index (χ1) is 22.6. The summed E-state index contributed by atoms with van der Waals surface area (Å²) < 4.78 is 42.0. The third-order valence-corrected chi connectivity index (χ3v) is 9.91. The van der Waals surface area contributed by atoms with Gasteiger partial charge < -0.3 is 53.6 Å². The van der Waals surface area contributed by atoms with Crippen LogP contribution in [0.4, 0.5) is 0 Å². The second-order valence-corrected chi connectivity index (χ2v) is 12.6. The summed E-state index contributed by atoms with van der Waals surface area (Å²) >= 11 is 0. The Kier molecular flexibility index (Phi) is 7.87. The molecule has 13 nitrogen and oxygen atoms in total. The number of aliphatic hydroxyl groups is 3. The van der Waals surface area contributed by atoms with E-state index in [1.54, 1.807) is 20.3 Å². The maximum atomic E-state index is 11.9. The van der Waals surface area contributed by atoms with Gasteiger partial charge in [-0.15, -0.1) is 0 Å². The minimum atomic E-state index is -2.17. The smallest absolute Gasteiger partial charge is 0.317 e. The topological polar surface area (TPSA) is 180 Å². The summed E-state index contributed by atoms with van der Waals surface area (Å²) in [7, 11) is 3.15. The van der Waals surface area contributed by atoms with Crippen molar-refractivity contribution in [3.63, 3.8) is 0 Å². The number of benzene rings is 2. The first kappa shape index (κ1) is 31.4. The molecule has 47 heavy (non-hydrogen) atoms. The number of carbonyl (C=O) groups excluding carboxylic acids is 1. The maximum Gasteiger partial charge on any atom is 0.317 e. The van der Waals surface area contributed by atoms with Gasteiger partial charge in [0.15, 0.2) is 11.5 Å². The molecule has 2 bridgehead atoms. The highest BCUT2D eigenvalue weighted by Crippen LogP contribution is 2.63. The molecule has 13 heteroatoms. The number of hydrogen-bond donors (Lipinski definition) is 4. The SMILES string of the molecule is COc1ccc2c(c1OC)O[C@H]1c3cc4c(cc3OC3(CCCCC3)[C@@H]21)O[C@@H]1O[C@H](COC(=O)CC(=O)O)[C@](O)(CC#C4)[C@H](O)[C@H]1O. The summed E-state index contributed by atoms with van der Waals surface area (Å²) in [6.07, 6.45) is -3.44. The van der Waals surface area contributed by atoms with Gasteiger partial charge in [-0.05, 0) is 37.8 Å². The zero-order chi connectivity index (χ0) is 33.1. The molecular formula is C34H36O13. The Labute approximate surface area is 270 Å². The predicted molar refractivity (Wildman–Crippen MR) is 160 cm³/mol. The Balaban J connectivity index is 1.28. The summed E-state index contributed by atoms with van der Waals surface area (Å²) in [4.78, 5) is 22.8. The van der Waals surface area contributed by atoms with Crippen molar-refractivity contribution in [2.24, 2.45) is 0 Å². The lowest BCUT2D eigenvalue weighted by molar-refractivity contribution is -0.312. The van der Waals surface area contributed by atoms with Crippen LogP contribution in [0.5, 0.6) is 28.7 Å². The monoisotopic (exact) mass is 652 g/mol. The summed E-state index contributed by atoms with van der Waals surface area (Å²) in [6.45, 7) is -0.605. The highest BCUT2D eigenvalue weighted by Gasteiger charge is 2.58. The number of carboxylic acids is 1. The van der Waals surface area contributed by atoms with E-state index >= 15 is 0 Å². The molecule has 8 rings (SSSR count). The molecule has 7 atom stereocenters. The first-order valence-corrected chi connectivity index (χ1v) is 15.6. The van der Waals surface area contributed by atoms with Crippen LogP contribution in [0.1, 0.15) is 73.7 Å². The Bertz CT molecular complexity index is 1650. The van der Waals surface area contributed by atoms with E-state index in [-0.39, 0.29) is 18.1 Å². The number of hydrogen-bond acceptors (Lipinski definition) is 12. The van der Waals surface area contributed by atoms with E-state index in [0.717, 1.165) is 43.2 Å². The zero-order valence-corrected chi connectivity index (χ0v) is 25.9. The second-order valence-electron chi connectivity index (χ2n) is 12.6. The third-order valence-electron chi connectivity index (χ3n) is 9.91. The molecule has 0 unspecified atom stereocenters. The van der Waals surface area contributed by atoms with Gasteiger partial charge in [-0.1, -0.05) is 24.3 Å². The van der Waals surface area contributed by atoms with E-state index in [2.05, 4.69) is 11.8 Å². The van der Waals surface area contributed by atoms with Gasteiger partial charge in [0.25, 0.3) is 0 Å². The molecule has 6 aliphatic rings. The van der Waals surface area contributed by atoms with Gasteiger partial charge in [0.05, 0.1) is 25.7 Å². The van der Waals surface area contributed by atoms with Gasteiger partial charge >= 0.3 is 11.9 Å². The van der Waals surface area contributed by atoms with Crippen molar-refractivity contribution in [1.29, 1.82) is 0 Å². The average Bonchev–Trinajstić information content (AvgIpc) is 3.45. The number of aliphatic carboxylic acids is 1. The maximum absolute atomic E-state index is 11.9. The lowest BCUT2D eigenvalue weighted by Crippen LogP contribution is -2.68. The van der Waals surface area contributed by atoms with Crippen molar-refractivity contribution in [2.45, 2.75) is 92.8 Å². The van der Waals surface area contributed by atoms with Gasteiger partial charge in [-0.3, -0.25) is 9.59 Å². The Morgan fingerprint density at radius 3 is 2.53 bits per heavy atom. The number of rotatable bonds is 6. The van der Waals surface area contributed by atoms with Crippen molar-refractivity contribution >= 4 is 11.9 Å². The highest BCUT2D eigenvalue weighted by molar-refractivity contribution is 5.90. The molecule has 2 fully saturated rings. The van der Waals surface area contributed by atoms with E-state index in [9.17, 15) is 24.9 Å². The van der Waals surface area contributed by atoms with Crippen LogP contribution in [0.15, 0.2) is 24.3 Å². The van der Waals surface area contributed by atoms with Crippen molar-refractivity contribution in [3.05, 3.63) is 41.0 Å². The van der Waals surface area contributed by atoms with Gasteiger partial charge in [-0.2, -0.15) is 0 Å². The molecule has 5 heterocycles. The fourth-order valence-corrected chi connectivity index (χ4v) is 7.61. The number of aliphatic hydroxyl groups excluding tert-OH is 2. The molecule has 0 amide bonds. The molecule has 0 radical (unpaired) electrons. The zero-order valence-electron chi connectivity index (χ0n) is 25.9. The Morgan fingerprint density at radius 2 is 1.81 bits per heavy atom. The van der Waals surface area contributed by atoms with Crippen molar-refractivity contribution in [2.75, 3.05) is 20.8 Å². The minimum absolute atomic E-state index is 0.141. The van der Waals surface area contributed by atoms with Crippen LogP contribution >= 0.6 is 0 Å². The summed E-state index contributed by atoms with van der Waals surface area (Å²) in [5.41, 5.74) is -0.613. The summed E-state index contributed by atoms with van der Waals surface area (Å²) in [6, 6.07) is 7.38. The molecule has 0 aromatic heterocycles. The van der Waals surface area contributed by atoms with Crippen LogP contribution in [-0.2, 0) is 19.1 Å². The number of carbonyl (C=O) groups is 2. The van der Waals surface area contributed by atoms with Crippen LogP contribution in [0, 0.1) is 11.8 Å². The van der Waals surface area contributed by atoms with E-state index in [4.69, 9.17) is 38.3 Å². The number of ether oxygens (including phenoxy) is 7. The molecule has 1 saturated heterocycles. The predicted octanol–water partition coefficient (Wildman–Crippen LogP) is 2.35. The van der Waals surface area contributed by atoms with Crippen LogP contribution in [0.25, 0.3) is 0 Å². The van der Waals surface area contributed by atoms with E-state index in [1.807, 2.05) is 18.2 Å². The highest BCUT2D eigenvalue weighted by atomic mass is 16.7. The molecule has 2 aromatic rings. The van der Waals surface area contributed by atoms with Crippen molar-refractivity contribution in [3.8, 4) is 40.6 Å². The van der Waals surface area contributed by atoms with Crippen molar-refractivity contribution in [1.82, 2.24) is 0 Å². The molecule has 1 aliphatic carbocycles. The number of esters is 1. The van der Waals surface area contributed by atoms with Gasteiger partial charge in [-0.25, -0.2) is 0 Å². The molecule has 2 aromatic carbocycles. The number of carboxylic acid groups (broad SMARTS) is 1. The van der Waals surface area contributed by atoms with E-state index in [0.29, 0.717) is 28.6 Å². The first-order valence-electron chi connectivity index (χ1n) is 15.6. The fourth-order valence-electron chi connectivity index (χ4n) is 7.61. The van der Waals surface area contributed by atoms with Gasteiger partial charge in [0, 0.05) is 23.6 Å². The molecule has 5 aliphatic heterocycles. The number of methoxy groups -OCH3 is 2. The van der Waals surface area contributed by atoms with E-state index < -0.39 is 66.9 Å². The van der Waals surface area contributed by atoms with Crippen molar-refractivity contribution < 1.29 is 63.2 Å². The Hall–Kier alpha value is -4.22. The summed E-state index contributed by atoms with van der Waals surface area (Å²) in [5, 5.41) is 42.3. The lowest BCUT2D eigenvalue weighted by Gasteiger charge is -2.48. The quantitative estimate of drug-likeness (QED) is 0.203. The second kappa shape index (κ2) is 11.8. The standard InChI is InChI=1S/C34H36O13/c1-41-20-9-8-18-26-28(46-29(18)30(20)42-2)19-13-17-7-6-12-34(40)23(16-43-25(37)15-24(35)36)45-32(27(38)31(34)39)44-21(17)14-22(19)47-33(26)10-4-3-5-11-33/h8-9,13-14,23,26-28,31-32,38-40H,3-5,10-12,15-16H2,1-2H3,(H,35,36)/t23-,26+,27-,28+,31-,32-,34-/m1/s1. The largest absolute Gasteiger partial charge is 0.493 e. The van der Waals surface area contributed by atoms with Gasteiger partial charge in [0.1, 0.15) is 60.1 Å². The molecule has 1 spiro atoms. The third kappa shape index (κ3) is 5.11. The summed E-state index contributed by atoms with van der Waals surface area (Å²) in [5.74, 6) is 5.70. The molecule has 4 N–H and O–H groups in total. The Morgan fingerprint density at radius 1 is 1.02 bits per heavy atom. The van der Waals surface area contributed by atoms with Crippen LogP contribution in [0.2, 0.25) is 0 Å². The minimum Gasteiger partial charge on any atom is -0.493 e. The molecular weight excluding hydrogens is 616 g/mol. The fraction of sp³-hybridized carbons (Fsp3) is 0.529. The van der Waals surface area contributed by atoms with Gasteiger partial charge in [0.2, 0.25) is 12.0 Å². The molecule has 1 saturated carbocycles. The van der Waals surface area contributed by atoms with Crippen LogP contribution in [0.3, 0.4) is 0 Å². The lowest BCUT2D eigenvalue weighted by atomic mass is 9.68. The normalized spacial score (nSPS) is 30.8.